The molecule has 0 saturated carbocycles. The summed E-state index contributed by atoms with van der Waals surface area (Å²) in [5, 5.41) is 2.14. The molecule has 1 aliphatic rings. The summed E-state index contributed by atoms with van der Waals surface area (Å²) < 4.78 is 6.74. The Morgan fingerprint density at radius 1 is 0.468 bits per heavy atom. The minimum atomic E-state index is -0.109. The summed E-state index contributed by atoms with van der Waals surface area (Å²) >= 11 is 0. The first-order chi connectivity index (χ1) is 22.9. The maximum atomic E-state index is 6.74. The first-order valence-corrected chi connectivity index (χ1v) is 16.0. The predicted molar refractivity (Wildman–Crippen MR) is 191 cm³/mol. The smallest absolute Gasteiger partial charge is 0.167 e. The number of nitrogens with zero attached hydrogens (tertiary/aromatic N) is 3. The first kappa shape index (κ1) is 27.4. The molecule has 4 nitrogen and oxygen atoms in total. The summed E-state index contributed by atoms with van der Waals surface area (Å²) in [7, 11) is 0. The Morgan fingerprint density at radius 3 is 1.91 bits per heavy atom. The molecular weight excluding hydrogens is 574 g/mol. The Bertz CT molecular complexity index is 2510. The molecule has 0 radical (unpaired) electrons. The number of benzene rings is 6. The van der Waals surface area contributed by atoms with Crippen molar-refractivity contribution in [3.8, 4) is 56.4 Å². The molecule has 2 heterocycles. The van der Waals surface area contributed by atoms with Gasteiger partial charge in [-0.25, -0.2) is 15.0 Å². The van der Waals surface area contributed by atoms with Gasteiger partial charge in [0.1, 0.15) is 11.2 Å². The van der Waals surface area contributed by atoms with Gasteiger partial charge in [0.2, 0.25) is 0 Å². The van der Waals surface area contributed by atoms with Gasteiger partial charge in [0.25, 0.3) is 0 Å². The second-order valence-corrected chi connectivity index (χ2v) is 13.0. The quantitative estimate of drug-likeness (QED) is 0.200. The lowest BCUT2D eigenvalue weighted by Gasteiger charge is -2.21. The SMILES string of the molecule is Cc1cccc(-c2nc(-c3cccc(-c4ccccc4)c3)nc(-c3cccc4c3oc3cc5c(cc34)-c3ccccc3C5(C)C)n2)c1. The number of para-hydroxylation sites is 1. The molecule has 6 aromatic carbocycles. The second kappa shape index (κ2) is 10.3. The zero-order chi connectivity index (χ0) is 31.7. The monoisotopic (exact) mass is 605 g/mol. The van der Waals surface area contributed by atoms with Gasteiger partial charge in [0.15, 0.2) is 17.5 Å². The van der Waals surface area contributed by atoms with Gasteiger partial charge >= 0.3 is 0 Å². The van der Waals surface area contributed by atoms with E-state index in [0.717, 1.165) is 55.3 Å². The molecule has 9 rings (SSSR count). The molecule has 0 N–H and O–H groups in total. The van der Waals surface area contributed by atoms with Gasteiger partial charge in [-0.3, -0.25) is 0 Å². The number of aryl methyl sites for hydroxylation is 1. The number of hydrogen-bond acceptors (Lipinski definition) is 4. The summed E-state index contributed by atoms with van der Waals surface area (Å²) in [5.74, 6) is 1.83. The van der Waals surface area contributed by atoms with E-state index in [4.69, 9.17) is 19.4 Å². The zero-order valence-electron chi connectivity index (χ0n) is 26.5. The molecular formula is C43H31N3O. The highest BCUT2D eigenvalue weighted by molar-refractivity contribution is 6.11. The minimum Gasteiger partial charge on any atom is -0.455 e. The third-order valence-corrected chi connectivity index (χ3v) is 9.58. The van der Waals surface area contributed by atoms with Crippen molar-refractivity contribution in [2.45, 2.75) is 26.2 Å². The largest absolute Gasteiger partial charge is 0.455 e. The molecule has 47 heavy (non-hydrogen) atoms. The van der Waals surface area contributed by atoms with Gasteiger partial charge in [-0.15, -0.1) is 0 Å². The second-order valence-electron chi connectivity index (χ2n) is 13.0. The van der Waals surface area contributed by atoms with Crippen LogP contribution in [0.1, 0.15) is 30.5 Å². The van der Waals surface area contributed by atoms with Crippen molar-refractivity contribution in [2.75, 3.05) is 0 Å². The fraction of sp³-hybridized carbons (Fsp3) is 0.0930. The van der Waals surface area contributed by atoms with Crippen LogP contribution in [0.25, 0.3) is 78.4 Å². The fourth-order valence-electron chi connectivity index (χ4n) is 7.18. The van der Waals surface area contributed by atoms with Gasteiger partial charge in [0.05, 0.1) is 5.56 Å². The van der Waals surface area contributed by atoms with Crippen LogP contribution in [0.2, 0.25) is 0 Å². The Labute approximate surface area is 273 Å². The van der Waals surface area contributed by atoms with Crippen molar-refractivity contribution in [1.29, 1.82) is 0 Å². The van der Waals surface area contributed by atoms with Gasteiger partial charge in [0, 0.05) is 27.3 Å². The molecule has 0 saturated heterocycles. The molecule has 0 aliphatic heterocycles. The number of furan rings is 1. The van der Waals surface area contributed by atoms with Crippen LogP contribution in [0.3, 0.4) is 0 Å². The van der Waals surface area contributed by atoms with Crippen LogP contribution in [-0.4, -0.2) is 15.0 Å². The summed E-state index contributed by atoms with van der Waals surface area (Å²) in [6.07, 6.45) is 0. The van der Waals surface area contributed by atoms with E-state index in [2.05, 4.69) is 142 Å². The highest BCUT2D eigenvalue weighted by Gasteiger charge is 2.36. The molecule has 0 unspecified atom stereocenters. The molecule has 0 amide bonds. The molecule has 0 bridgehead atoms. The third kappa shape index (κ3) is 4.40. The van der Waals surface area contributed by atoms with Gasteiger partial charge < -0.3 is 4.42 Å². The number of hydrogen-bond donors (Lipinski definition) is 0. The predicted octanol–water partition coefficient (Wildman–Crippen LogP) is 11.1. The Morgan fingerprint density at radius 2 is 1.11 bits per heavy atom. The standard InChI is InChI=1S/C43H31N3O/c1-26-12-9-16-29(22-26)40-44-41(30-17-10-15-28(23-30)27-13-5-4-6-14-27)46-42(45-40)33-20-11-19-32-35-24-34-31-18-7-8-21-36(31)43(2,3)37(34)25-38(35)47-39(32)33/h4-25H,1-3H3. The van der Waals surface area contributed by atoms with Crippen LogP contribution >= 0.6 is 0 Å². The molecule has 2 aromatic heterocycles. The molecule has 8 aromatic rings. The van der Waals surface area contributed by atoms with Crippen molar-refractivity contribution in [1.82, 2.24) is 15.0 Å². The topological polar surface area (TPSA) is 51.8 Å². The number of aromatic nitrogens is 3. The van der Waals surface area contributed by atoms with E-state index < -0.39 is 0 Å². The Kier molecular flexibility index (Phi) is 6.03. The van der Waals surface area contributed by atoms with Gasteiger partial charge in [-0.1, -0.05) is 123 Å². The van der Waals surface area contributed by atoms with Gasteiger partial charge in [-0.05, 0) is 70.6 Å². The van der Waals surface area contributed by atoms with Crippen molar-refractivity contribution in [3.05, 3.63) is 150 Å². The van der Waals surface area contributed by atoms with E-state index >= 15 is 0 Å². The maximum absolute atomic E-state index is 6.74. The van der Waals surface area contributed by atoms with Crippen LogP contribution in [0, 0.1) is 6.92 Å². The van der Waals surface area contributed by atoms with Crippen LogP contribution in [0.5, 0.6) is 0 Å². The van der Waals surface area contributed by atoms with Crippen molar-refractivity contribution in [2.24, 2.45) is 0 Å². The highest BCUT2D eigenvalue weighted by Crippen LogP contribution is 2.51. The van der Waals surface area contributed by atoms with E-state index in [-0.39, 0.29) is 5.41 Å². The third-order valence-electron chi connectivity index (χ3n) is 9.58. The van der Waals surface area contributed by atoms with E-state index in [9.17, 15) is 0 Å². The average Bonchev–Trinajstić information content (AvgIpc) is 3.59. The Balaban J connectivity index is 1.25. The summed E-state index contributed by atoms with van der Waals surface area (Å²) in [6, 6.07) is 46.6. The minimum absolute atomic E-state index is 0.109. The molecule has 4 heteroatoms. The molecule has 1 aliphatic carbocycles. The number of rotatable bonds is 4. The highest BCUT2D eigenvalue weighted by atomic mass is 16.3. The Hall–Kier alpha value is -5.87. The van der Waals surface area contributed by atoms with Crippen molar-refractivity contribution < 1.29 is 4.42 Å². The lowest BCUT2D eigenvalue weighted by atomic mass is 9.82. The molecule has 0 atom stereocenters. The van der Waals surface area contributed by atoms with Crippen molar-refractivity contribution in [3.63, 3.8) is 0 Å². The van der Waals surface area contributed by atoms with Gasteiger partial charge in [-0.2, -0.15) is 0 Å². The molecule has 0 fully saturated rings. The normalized spacial score (nSPS) is 13.2. The first-order valence-electron chi connectivity index (χ1n) is 16.0. The molecule has 224 valence electrons. The molecule has 0 spiro atoms. The lowest BCUT2D eigenvalue weighted by Crippen LogP contribution is -2.14. The van der Waals surface area contributed by atoms with E-state index in [1.165, 1.54) is 22.3 Å². The van der Waals surface area contributed by atoms with Crippen LogP contribution < -0.4 is 0 Å². The van der Waals surface area contributed by atoms with Crippen LogP contribution in [0.15, 0.2) is 138 Å². The van der Waals surface area contributed by atoms with Crippen LogP contribution in [0.4, 0.5) is 0 Å². The van der Waals surface area contributed by atoms with E-state index in [0.29, 0.717) is 17.5 Å². The van der Waals surface area contributed by atoms with E-state index in [1.807, 2.05) is 12.1 Å². The lowest BCUT2D eigenvalue weighted by molar-refractivity contribution is 0.647. The zero-order valence-corrected chi connectivity index (χ0v) is 26.5. The summed E-state index contributed by atoms with van der Waals surface area (Å²) in [4.78, 5) is 15.2. The summed E-state index contributed by atoms with van der Waals surface area (Å²) in [6.45, 7) is 6.68. The maximum Gasteiger partial charge on any atom is 0.167 e. The van der Waals surface area contributed by atoms with E-state index in [1.54, 1.807) is 0 Å². The van der Waals surface area contributed by atoms with Crippen molar-refractivity contribution >= 4 is 21.9 Å². The van der Waals surface area contributed by atoms with Crippen LogP contribution in [-0.2, 0) is 5.41 Å². The fourth-order valence-corrected chi connectivity index (χ4v) is 7.18. The average molecular weight is 606 g/mol. The summed E-state index contributed by atoms with van der Waals surface area (Å²) in [5.41, 5.74) is 12.9. The number of fused-ring (bicyclic) bond motifs is 6.